The topological polar surface area (TPSA) is 38.3 Å². The fourth-order valence-corrected chi connectivity index (χ4v) is 1.96. The van der Waals surface area contributed by atoms with E-state index in [0.29, 0.717) is 5.56 Å². The summed E-state index contributed by atoms with van der Waals surface area (Å²) in [4.78, 5) is 12.3. The van der Waals surface area contributed by atoms with Crippen molar-refractivity contribution in [3.8, 4) is 0 Å². The Bertz CT molecular complexity index is 566. The highest BCUT2D eigenvalue weighted by molar-refractivity contribution is 5.86. The molecule has 106 valence electrons. The number of rotatable bonds is 3. The lowest BCUT2D eigenvalue weighted by molar-refractivity contribution is -0.153. The maximum Gasteiger partial charge on any atom is 0.340 e. The monoisotopic (exact) mass is 279 g/mol. The molecule has 1 aliphatic heterocycles. The minimum atomic E-state index is -1.55. The van der Waals surface area contributed by atoms with Gasteiger partial charge in [0.2, 0.25) is 0 Å². The third kappa shape index (κ3) is 2.57. The Kier molecular flexibility index (Phi) is 3.88. The summed E-state index contributed by atoms with van der Waals surface area (Å²) in [7, 11) is 0. The third-order valence-corrected chi connectivity index (χ3v) is 2.89. The van der Waals surface area contributed by atoms with Crippen LogP contribution in [-0.4, -0.2) is 12.1 Å². The Morgan fingerprint density at radius 2 is 1.85 bits per heavy atom. The number of esters is 1. The van der Waals surface area contributed by atoms with E-state index in [4.69, 9.17) is 4.74 Å². The molecule has 0 saturated carbocycles. The number of allylic oxidation sites excluding steroid dienone is 2. The van der Waals surface area contributed by atoms with Gasteiger partial charge in [-0.2, -0.15) is 0 Å². The Morgan fingerprint density at radius 3 is 2.40 bits per heavy atom. The molecule has 0 spiro atoms. The highest BCUT2D eigenvalue weighted by Gasteiger charge is 2.42. The molecule has 1 atom stereocenters. The first-order valence-corrected chi connectivity index (χ1v) is 6.24. The van der Waals surface area contributed by atoms with Crippen LogP contribution in [0.3, 0.4) is 0 Å². The van der Waals surface area contributed by atoms with E-state index in [2.05, 4.69) is 5.32 Å². The van der Waals surface area contributed by atoms with Gasteiger partial charge in [0, 0.05) is 6.20 Å². The van der Waals surface area contributed by atoms with Gasteiger partial charge < -0.3 is 10.1 Å². The zero-order chi connectivity index (χ0) is 14.8. The largest absolute Gasteiger partial charge is 0.461 e. The van der Waals surface area contributed by atoms with Crippen LogP contribution in [0.2, 0.25) is 0 Å². The second-order valence-corrected chi connectivity index (χ2v) is 4.76. The lowest BCUT2D eigenvalue weighted by Crippen LogP contribution is -2.48. The first kappa shape index (κ1) is 14.2. The Hall–Kier alpha value is -2.17. The van der Waals surface area contributed by atoms with Gasteiger partial charge in [0.15, 0.2) is 17.2 Å². The highest BCUT2D eigenvalue weighted by Crippen LogP contribution is 2.32. The molecular formula is C15H15F2NO2. The summed E-state index contributed by atoms with van der Waals surface area (Å²) in [5.41, 5.74) is -1.07. The number of nitrogens with one attached hydrogen (secondary N) is 1. The Morgan fingerprint density at radius 1 is 1.20 bits per heavy atom. The van der Waals surface area contributed by atoms with E-state index >= 15 is 0 Å². The molecule has 1 aromatic rings. The van der Waals surface area contributed by atoms with Crippen molar-refractivity contribution in [3.05, 3.63) is 59.8 Å². The van der Waals surface area contributed by atoms with E-state index in [9.17, 15) is 13.6 Å². The van der Waals surface area contributed by atoms with Crippen LogP contribution in [0.4, 0.5) is 8.78 Å². The van der Waals surface area contributed by atoms with Gasteiger partial charge in [-0.25, -0.2) is 13.6 Å². The van der Waals surface area contributed by atoms with Crippen LogP contribution in [-0.2, 0) is 15.1 Å². The summed E-state index contributed by atoms with van der Waals surface area (Å²) < 4.78 is 32.0. The Balaban J connectivity index is 2.49. The zero-order valence-electron chi connectivity index (χ0n) is 11.2. The van der Waals surface area contributed by atoms with Gasteiger partial charge in [0.25, 0.3) is 0 Å². The molecule has 0 bridgehead atoms. The van der Waals surface area contributed by atoms with Crippen LogP contribution in [0, 0.1) is 0 Å². The van der Waals surface area contributed by atoms with Crippen molar-refractivity contribution in [1.82, 2.24) is 5.32 Å². The summed E-state index contributed by atoms with van der Waals surface area (Å²) in [6.45, 7) is 3.38. The Labute approximate surface area is 115 Å². The van der Waals surface area contributed by atoms with Gasteiger partial charge in [-0.3, -0.25) is 0 Å². The minimum Gasteiger partial charge on any atom is -0.461 e. The predicted molar refractivity (Wildman–Crippen MR) is 70.9 cm³/mol. The van der Waals surface area contributed by atoms with E-state index < -0.39 is 23.2 Å². The van der Waals surface area contributed by atoms with E-state index in [1.54, 1.807) is 44.2 Å². The molecule has 0 aliphatic carbocycles. The van der Waals surface area contributed by atoms with Gasteiger partial charge in [-0.1, -0.05) is 30.3 Å². The van der Waals surface area contributed by atoms with E-state index in [1.165, 1.54) is 0 Å². The van der Waals surface area contributed by atoms with Crippen molar-refractivity contribution in [3.63, 3.8) is 0 Å². The van der Waals surface area contributed by atoms with Gasteiger partial charge in [-0.05, 0) is 25.5 Å². The number of ether oxygens (including phenoxy) is 1. The molecule has 0 aromatic heterocycles. The molecule has 1 unspecified atom stereocenters. The van der Waals surface area contributed by atoms with Crippen LogP contribution < -0.4 is 5.32 Å². The smallest absolute Gasteiger partial charge is 0.340 e. The molecule has 3 nitrogen and oxygen atoms in total. The van der Waals surface area contributed by atoms with Crippen LogP contribution in [0.1, 0.15) is 19.4 Å². The fraction of sp³-hybridized carbons (Fsp3) is 0.267. The van der Waals surface area contributed by atoms with Crippen molar-refractivity contribution in [2.75, 3.05) is 0 Å². The van der Waals surface area contributed by atoms with Gasteiger partial charge in [-0.15, -0.1) is 0 Å². The number of hydrogen-bond donors (Lipinski definition) is 1. The van der Waals surface area contributed by atoms with Crippen molar-refractivity contribution in [1.29, 1.82) is 0 Å². The van der Waals surface area contributed by atoms with Gasteiger partial charge >= 0.3 is 5.97 Å². The molecule has 2 rings (SSSR count). The second-order valence-electron chi connectivity index (χ2n) is 4.76. The molecule has 5 heteroatoms. The minimum absolute atomic E-state index is 0.364. The van der Waals surface area contributed by atoms with Crippen molar-refractivity contribution >= 4 is 5.97 Å². The van der Waals surface area contributed by atoms with Crippen molar-refractivity contribution in [2.24, 2.45) is 0 Å². The van der Waals surface area contributed by atoms with E-state index in [-0.39, 0.29) is 6.10 Å². The van der Waals surface area contributed by atoms with Gasteiger partial charge in [0.05, 0.1) is 6.10 Å². The average molecular weight is 279 g/mol. The summed E-state index contributed by atoms with van der Waals surface area (Å²) >= 11 is 0. The second kappa shape index (κ2) is 5.45. The molecule has 0 fully saturated rings. The van der Waals surface area contributed by atoms with Gasteiger partial charge in [0.1, 0.15) is 0 Å². The lowest BCUT2D eigenvalue weighted by Gasteiger charge is -2.32. The van der Waals surface area contributed by atoms with Crippen LogP contribution >= 0.6 is 0 Å². The van der Waals surface area contributed by atoms with Crippen LogP contribution in [0.5, 0.6) is 0 Å². The molecule has 1 aliphatic rings. The van der Waals surface area contributed by atoms with Crippen molar-refractivity contribution < 1.29 is 18.3 Å². The molecule has 0 amide bonds. The molecule has 20 heavy (non-hydrogen) atoms. The average Bonchev–Trinajstić information content (AvgIpc) is 2.42. The normalized spacial score (nSPS) is 21.9. The highest BCUT2D eigenvalue weighted by atomic mass is 19.2. The van der Waals surface area contributed by atoms with E-state index in [1.807, 2.05) is 0 Å². The lowest BCUT2D eigenvalue weighted by atomic mass is 9.87. The van der Waals surface area contributed by atoms with Crippen molar-refractivity contribution in [2.45, 2.75) is 25.5 Å². The summed E-state index contributed by atoms with van der Waals surface area (Å²) in [6, 6.07) is 8.48. The molecule has 0 radical (unpaired) electrons. The number of carbonyl (C=O) groups excluding carboxylic acids is 1. The molecule has 1 aromatic carbocycles. The maximum atomic E-state index is 13.6. The summed E-state index contributed by atoms with van der Waals surface area (Å²) in [5, 5.41) is 2.61. The molecule has 0 saturated heterocycles. The number of hydrogen-bond acceptors (Lipinski definition) is 3. The fourth-order valence-electron chi connectivity index (χ4n) is 1.96. The van der Waals surface area contributed by atoms with Crippen LogP contribution in [0.25, 0.3) is 0 Å². The summed E-state index contributed by atoms with van der Waals surface area (Å²) in [5.74, 6) is -2.82. The predicted octanol–water partition coefficient (Wildman–Crippen LogP) is 3.10. The number of carbonyl (C=O) groups is 1. The molecule has 1 N–H and O–H groups in total. The summed E-state index contributed by atoms with van der Waals surface area (Å²) in [6.07, 6.45) is 1.38. The SMILES string of the molecule is CC(C)OC(=O)C1(c2ccccc2)C=C(F)C(F)=CN1. The zero-order valence-corrected chi connectivity index (χ0v) is 11.2. The first-order valence-electron chi connectivity index (χ1n) is 6.24. The number of benzene rings is 1. The third-order valence-electron chi connectivity index (χ3n) is 2.89. The quantitative estimate of drug-likeness (QED) is 0.864. The standard InChI is InChI=1S/C15H15F2NO2/c1-10(2)20-14(19)15(11-6-4-3-5-7-11)8-12(16)13(17)9-18-15/h3-10,18H,1-2H3. The molecular weight excluding hydrogens is 264 g/mol. The number of dihydropyridines is 1. The first-order chi connectivity index (χ1) is 9.45. The number of halogens is 2. The molecule has 1 heterocycles. The van der Waals surface area contributed by atoms with E-state index in [0.717, 1.165) is 12.3 Å². The maximum absolute atomic E-state index is 13.6. The van der Waals surface area contributed by atoms with Crippen LogP contribution in [0.15, 0.2) is 54.3 Å².